The second kappa shape index (κ2) is 4.91. The highest BCUT2D eigenvalue weighted by molar-refractivity contribution is 9.10. The van der Waals surface area contributed by atoms with Crippen LogP contribution in [0.15, 0.2) is 17.0 Å². The van der Waals surface area contributed by atoms with E-state index >= 15 is 0 Å². The van der Waals surface area contributed by atoms with E-state index in [4.69, 9.17) is 0 Å². The summed E-state index contributed by atoms with van der Waals surface area (Å²) in [4.78, 5) is 21.5. The first kappa shape index (κ1) is 11.5. The first-order chi connectivity index (χ1) is 7.68. The van der Waals surface area contributed by atoms with Crippen LogP contribution in [0.2, 0.25) is 0 Å². The molecule has 0 bridgehead atoms. The van der Waals surface area contributed by atoms with Gasteiger partial charge in [-0.05, 0) is 28.8 Å². The number of carbonyl (C=O) groups is 1. The van der Waals surface area contributed by atoms with E-state index in [-0.39, 0.29) is 0 Å². The number of halogens is 1. The lowest BCUT2D eigenvalue weighted by Crippen LogP contribution is -2.36. The summed E-state index contributed by atoms with van der Waals surface area (Å²) in [6.07, 6.45) is 6.52. The minimum Gasteiger partial charge on any atom is -0.356 e. The van der Waals surface area contributed by atoms with Gasteiger partial charge in [0, 0.05) is 32.1 Å². The molecule has 0 radical (unpaired) electrons. The Morgan fingerprint density at radius 1 is 1.44 bits per heavy atom. The molecule has 1 aromatic heterocycles. The fourth-order valence-electron chi connectivity index (χ4n) is 2.05. The standard InChI is InChI=1S/C11H14BrN3O/c1-15(8-2-4-9(16)5-3-8)11-10(12)6-13-7-14-11/h6-8H,2-5H2,1H3. The predicted molar refractivity (Wildman–Crippen MR) is 65.4 cm³/mol. The van der Waals surface area contributed by atoms with Crippen molar-refractivity contribution >= 4 is 27.5 Å². The van der Waals surface area contributed by atoms with E-state index in [9.17, 15) is 4.79 Å². The van der Waals surface area contributed by atoms with E-state index in [0.717, 1.165) is 23.1 Å². The lowest BCUT2D eigenvalue weighted by atomic mass is 9.93. The minimum atomic E-state index is 0.381. The largest absolute Gasteiger partial charge is 0.356 e. The molecule has 0 atom stereocenters. The highest BCUT2D eigenvalue weighted by Crippen LogP contribution is 2.27. The third kappa shape index (κ3) is 2.40. The molecular formula is C11H14BrN3O. The van der Waals surface area contributed by atoms with Gasteiger partial charge in [0.15, 0.2) is 0 Å². The van der Waals surface area contributed by atoms with E-state index in [1.54, 1.807) is 12.5 Å². The number of rotatable bonds is 2. The van der Waals surface area contributed by atoms with Crippen molar-refractivity contribution < 1.29 is 4.79 Å². The van der Waals surface area contributed by atoms with Crippen molar-refractivity contribution in [3.63, 3.8) is 0 Å². The van der Waals surface area contributed by atoms with Crippen LogP contribution in [-0.4, -0.2) is 28.8 Å². The van der Waals surface area contributed by atoms with Crippen molar-refractivity contribution in [1.29, 1.82) is 0 Å². The highest BCUT2D eigenvalue weighted by Gasteiger charge is 2.23. The molecule has 0 saturated heterocycles. The molecule has 5 heteroatoms. The van der Waals surface area contributed by atoms with Crippen LogP contribution in [0.3, 0.4) is 0 Å². The van der Waals surface area contributed by atoms with E-state index < -0.39 is 0 Å². The molecule has 2 rings (SSSR count). The maximum absolute atomic E-state index is 11.2. The molecule has 1 aromatic rings. The molecule has 1 fully saturated rings. The van der Waals surface area contributed by atoms with Gasteiger partial charge in [0.05, 0.1) is 4.47 Å². The molecule has 4 nitrogen and oxygen atoms in total. The Morgan fingerprint density at radius 3 is 2.75 bits per heavy atom. The van der Waals surface area contributed by atoms with Gasteiger partial charge >= 0.3 is 0 Å². The van der Waals surface area contributed by atoms with Crippen molar-refractivity contribution in [2.24, 2.45) is 0 Å². The smallest absolute Gasteiger partial charge is 0.146 e. The number of hydrogen-bond donors (Lipinski definition) is 0. The highest BCUT2D eigenvalue weighted by atomic mass is 79.9. The Bertz CT molecular complexity index is 387. The molecule has 0 amide bonds. The maximum Gasteiger partial charge on any atom is 0.146 e. The van der Waals surface area contributed by atoms with Gasteiger partial charge in [0.1, 0.15) is 17.9 Å². The summed E-state index contributed by atoms with van der Waals surface area (Å²) in [6.45, 7) is 0. The summed E-state index contributed by atoms with van der Waals surface area (Å²) in [5.74, 6) is 1.28. The van der Waals surface area contributed by atoms with Gasteiger partial charge < -0.3 is 4.90 Å². The third-order valence-electron chi connectivity index (χ3n) is 3.04. The van der Waals surface area contributed by atoms with Crippen LogP contribution in [0.25, 0.3) is 0 Å². The number of nitrogens with zero attached hydrogens (tertiary/aromatic N) is 3. The molecule has 1 aliphatic rings. The summed E-state index contributed by atoms with van der Waals surface area (Å²) in [7, 11) is 2.02. The zero-order valence-electron chi connectivity index (χ0n) is 9.19. The third-order valence-corrected chi connectivity index (χ3v) is 3.60. The van der Waals surface area contributed by atoms with Crippen molar-refractivity contribution in [2.75, 3.05) is 11.9 Å². The average molecular weight is 284 g/mol. The van der Waals surface area contributed by atoms with Crippen molar-refractivity contribution in [3.8, 4) is 0 Å². The summed E-state index contributed by atoms with van der Waals surface area (Å²) in [5, 5.41) is 0. The minimum absolute atomic E-state index is 0.381. The summed E-state index contributed by atoms with van der Waals surface area (Å²) < 4.78 is 0.898. The monoisotopic (exact) mass is 283 g/mol. The molecular weight excluding hydrogens is 270 g/mol. The van der Waals surface area contributed by atoms with Crippen molar-refractivity contribution in [2.45, 2.75) is 31.7 Å². The predicted octanol–water partition coefficient (Wildman–Crippen LogP) is 2.19. The Balaban J connectivity index is 2.10. The summed E-state index contributed by atoms with van der Waals surface area (Å²) in [6, 6.07) is 0.406. The maximum atomic E-state index is 11.2. The Labute approximate surface area is 103 Å². The van der Waals surface area contributed by atoms with Gasteiger partial charge in [-0.25, -0.2) is 9.97 Å². The topological polar surface area (TPSA) is 46.1 Å². The second-order valence-corrected chi connectivity index (χ2v) is 4.93. The van der Waals surface area contributed by atoms with Crippen LogP contribution < -0.4 is 4.90 Å². The van der Waals surface area contributed by atoms with Crippen molar-refractivity contribution in [1.82, 2.24) is 9.97 Å². The van der Waals surface area contributed by atoms with Crippen LogP contribution in [0.1, 0.15) is 25.7 Å². The molecule has 0 N–H and O–H groups in total. The van der Waals surface area contributed by atoms with Gasteiger partial charge in [0.2, 0.25) is 0 Å². The summed E-state index contributed by atoms with van der Waals surface area (Å²) in [5.41, 5.74) is 0. The average Bonchev–Trinajstić information content (AvgIpc) is 2.30. The van der Waals surface area contributed by atoms with Crippen molar-refractivity contribution in [3.05, 3.63) is 17.0 Å². The molecule has 1 heterocycles. The molecule has 1 saturated carbocycles. The number of carbonyl (C=O) groups excluding carboxylic acids is 1. The first-order valence-corrected chi connectivity index (χ1v) is 6.18. The van der Waals surface area contributed by atoms with E-state index in [0.29, 0.717) is 24.7 Å². The van der Waals surface area contributed by atoms with Gasteiger partial charge in [-0.3, -0.25) is 4.79 Å². The SMILES string of the molecule is CN(c1ncncc1Br)C1CCC(=O)CC1. The first-order valence-electron chi connectivity index (χ1n) is 5.38. The van der Waals surface area contributed by atoms with Crippen LogP contribution in [0.4, 0.5) is 5.82 Å². The fraction of sp³-hybridized carbons (Fsp3) is 0.545. The Morgan fingerprint density at radius 2 is 2.12 bits per heavy atom. The normalized spacial score (nSPS) is 17.5. The van der Waals surface area contributed by atoms with Crippen LogP contribution in [0, 0.1) is 0 Å². The number of hydrogen-bond acceptors (Lipinski definition) is 4. The lowest BCUT2D eigenvalue weighted by Gasteiger charge is -2.31. The Kier molecular flexibility index (Phi) is 3.53. The second-order valence-electron chi connectivity index (χ2n) is 4.08. The molecule has 0 unspecified atom stereocenters. The van der Waals surface area contributed by atoms with Crippen LogP contribution in [-0.2, 0) is 4.79 Å². The molecule has 16 heavy (non-hydrogen) atoms. The zero-order valence-corrected chi connectivity index (χ0v) is 10.8. The molecule has 0 aromatic carbocycles. The van der Waals surface area contributed by atoms with Gasteiger partial charge in [-0.15, -0.1) is 0 Å². The van der Waals surface area contributed by atoms with E-state index in [1.807, 2.05) is 7.05 Å². The zero-order chi connectivity index (χ0) is 11.5. The number of Topliss-reactive ketones (excluding diaryl/α,β-unsaturated/α-hetero) is 1. The van der Waals surface area contributed by atoms with Crippen LogP contribution in [0.5, 0.6) is 0 Å². The Hall–Kier alpha value is -0.970. The fourth-order valence-corrected chi connectivity index (χ4v) is 2.55. The van der Waals surface area contributed by atoms with E-state index in [2.05, 4.69) is 30.8 Å². The van der Waals surface area contributed by atoms with Gasteiger partial charge in [0.25, 0.3) is 0 Å². The lowest BCUT2D eigenvalue weighted by molar-refractivity contribution is -0.120. The molecule has 86 valence electrons. The molecule has 1 aliphatic carbocycles. The quantitative estimate of drug-likeness (QED) is 0.835. The number of anilines is 1. The number of ketones is 1. The summed E-state index contributed by atoms with van der Waals surface area (Å²) >= 11 is 3.44. The van der Waals surface area contributed by atoms with Crippen LogP contribution >= 0.6 is 15.9 Å². The van der Waals surface area contributed by atoms with Gasteiger partial charge in [-0.1, -0.05) is 0 Å². The van der Waals surface area contributed by atoms with Gasteiger partial charge in [-0.2, -0.15) is 0 Å². The van der Waals surface area contributed by atoms with E-state index in [1.165, 1.54) is 0 Å². The number of aromatic nitrogens is 2. The molecule has 0 spiro atoms. The molecule has 0 aliphatic heterocycles.